The van der Waals surface area contributed by atoms with Crippen LogP contribution in [0.4, 0.5) is 0 Å². The number of carboxylic acids is 1. The summed E-state index contributed by atoms with van der Waals surface area (Å²) >= 11 is 0. The molecule has 2 saturated carbocycles. The second kappa shape index (κ2) is 2.75. The monoisotopic (exact) mass is 168 g/mol. The molecule has 2 fully saturated rings. The van der Waals surface area contributed by atoms with Gasteiger partial charge in [-0.3, -0.25) is 4.79 Å². The summed E-state index contributed by atoms with van der Waals surface area (Å²) in [7, 11) is 0. The van der Waals surface area contributed by atoms with Crippen molar-refractivity contribution in [2.75, 3.05) is 0 Å². The first-order valence-corrected chi connectivity index (χ1v) is 4.99. The SMILES string of the molecule is O=C(O)C1(C2CCCC2)CCC1. The summed E-state index contributed by atoms with van der Waals surface area (Å²) in [5.41, 5.74) is -0.281. The molecule has 0 spiro atoms. The Bertz CT molecular complexity index is 188. The molecule has 0 aromatic heterocycles. The van der Waals surface area contributed by atoms with Crippen molar-refractivity contribution in [3.63, 3.8) is 0 Å². The van der Waals surface area contributed by atoms with E-state index in [0.717, 1.165) is 32.1 Å². The lowest BCUT2D eigenvalue weighted by Gasteiger charge is -2.42. The average molecular weight is 168 g/mol. The Kier molecular flexibility index (Phi) is 1.85. The fraction of sp³-hybridized carbons (Fsp3) is 0.900. The van der Waals surface area contributed by atoms with Crippen LogP contribution >= 0.6 is 0 Å². The predicted molar refractivity (Wildman–Crippen MR) is 45.9 cm³/mol. The van der Waals surface area contributed by atoms with E-state index in [9.17, 15) is 4.79 Å². The summed E-state index contributed by atoms with van der Waals surface area (Å²) in [6.45, 7) is 0. The predicted octanol–water partition coefficient (Wildman–Crippen LogP) is 2.43. The molecular formula is C10H16O2. The number of hydrogen-bond donors (Lipinski definition) is 1. The van der Waals surface area contributed by atoms with Crippen molar-refractivity contribution >= 4 is 5.97 Å². The highest BCUT2D eigenvalue weighted by Crippen LogP contribution is 2.52. The van der Waals surface area contributed by atoms with Crippen molar-refractivity contribution in [2.24, 2.45) is 11.3 Å². The molecule has 68 valence electrons. The fourth-order valence-electron chi connectivity index (χ4n) is 2.83. The van der Waals surface area contributed by atoms with E-state index in [2.05, 4.69) is 0 Å². The first-order chi connectivity index (χ1) is 5.76. The second-order valence-corrected chi connectivity index (χ2v) is 4.30. The summed E-state index contributed by atoms with van der Waals surface area (Å²) < 4.78 is 0. The Labute approximate surface area is 73.0 Å². The first kappa shape index (κ1) is 8.09. The number of aliphatic carboxylic acids is 1. The standard InChI is InChI=1S/C10H16O2/c11-9(12)10(6-3-7-10)8-4-1-2-5-8/h8H,1-7H2,(H,11,12). The zero-order valence-corrected chi connectivity index (χ0v) is 7.38. The lowest BCUT2D eigenvalue weighted by Crippen LogP contribution is -2.43. The van der Waals surface area contributed by atoms with Gasteiger partial charge in [-0.25, -0.2) is 0 Å². The molecule has 2 rings (SSSR count). The topological polar surface area (TPSA) is 37.3 Å². The van der Waals surface area contributed by atoms with Gasteiger partial charge in [-0.1, -0.05) is 19.3 Å². The van der Waals surface area contributed by atoms with Crippen LogP contribution < -0.4 is 0 Å². The van der Waals surface area contributed by atoms with E-state index >= 15 is 0 Å². The quantitative estimate of drug-likeness (QED) is 0.687. The van der Waals surface area contributed by atoms with Gasteiger partial charge in [-0.15, -0.1) is 0 Å². The molecule has 12 heavy (non-hydrogen) atoms. The van der Waals surface area contributed by atoms with Crippen LogP contribution in [0.3, 0.4) is 0 Å². The summed E-state index contributed by atoms with van der Waals surface area (Å²) in [5.74, 6) is -0.0237. The minimum atomic E-state index is -0.527. The molecule has 0 unspecified atom stereocenters. The van der Waals surface area contributed by atoms with E-state index in [1.165, 1.54) is 12.8 Å². The molecule has 0 saturated heterocycles. The van der Waals surface area contributed by atoms with Crippen molar-refractivity contribution in [3.05, 3.63) is 0 Å². The minimum Gasteiger partial charge on any atom is -0.481 e. The van der Waals surface area contributed by atoms with E-state index in [-0.39, 0.29) is 5.41 Å². The maximum absolute atomic E-state index is 11.1. The van der Waals surface area contributed by atoms with E-state index in [1.807, 2.05) is 0 Å². The van der Waals surface area contributed by atoms with Crippen LogP contribution in [0.15, 0.2) is 0 Å². The van der Waals surface area contributed by atoms with Gasteiger partial charge in [0.05, 0.1) is 5.41 Å². The lowest BCUT2D eigenvalue weighted by molar-refractivity contribution is -0.159. The third kappa shape index (κ3) is 0.970. The van der Waals surface area contributed by atoms with Crippen LogP contribution in [0.1, 0.15) is 44.9 Å². The normalized spacial score (nSPS) is 28.3. The molecule has 2 aliphatic carbocycles. The molecule has 0 heterocycles. The maximum atomic E-state index is 11.1. The van der Waals surface area contributed by atoms with Gasteiger partial charge < -0.3 is 5.11 Å². The number of carbonyl (C=O) groups is 1. The Hall–Kier alpha value is -0.530. The van der Waals surface area contributed by atoms with Gasteiger partial charge in [0, 0.05) is 0 Å². The molecule has 2 aliphatic rings. The van der Waals surface area contributed by atoms with Crippen LogP contribution in [0.2, 0.25) is 0 Å². The summed E-state index contributed by atoms with van der Waals surface area (Å²) in [6, 6.07) is 0. The summed E-state index contributed by atoms with van der Waals surface area (Å²) in [4.78, 5) is 11.1. The van der Waals surface area contributed by atoms with E-state index < -0.39 is 5.97 Å². The van der Waals surface area contributed by atoms with Crippen LogP contribution in [-0.4, -0.2) is 11.1 Å². The van der Waals surface area contributed by atoms with Crippen molar-refractivity contribution in [3.8, 4) is 0 Å². The van der Waals surface area contributed by atoms with E-state index in [4.69, 9.17) is 5.11 Å². The van der Waals surface area contributed by atoms with Gasteiger partial charge in [0.15, 0.2) is 0 Å². The van der Waals surface area contributed by atoms with Crippen molar-refractivity contribution in [1.29, 1.82) is 0 Å². The Balaban J connectivity index is 2.10. The Morgan fingerprint density at radius 3 is 2.08 bits per heavy atom. The number of carboxylic acid groups (broad SMARTS) is 1. The molecule has 0 aromatic carbocycles. The molecule has 0 aromatic rings. The zero-order valence-electron chi connectivity index (χ0n) is 7.38. The summed E-state index contributed by atoms with van der Waals surface area (Å²) in [5, 5.41) is 9.14. The van der Waals surface area contributed by atoms with Gasteiger partial charge in [-0.05, 0) is 31.6 Å². The maximum Gasteiger partial charge on any atom is 0.309 e. The fourth-order valence-corrected chi connectivity index (χ4v) is 2.83. The number of rotatable bonds is 2. The molecule has 2 nitrogen and oxygen atoms in total. The van der Waals surface area contributed by atoms with Gasteiger partial charge >= 0.3 is 5.97 Å². The molecular weight excluding hydrogens is 152 g/mol. The highest BCUT2D eigenvalue weighted by Gasteiger charge is 2.50. The molecule has 0 atom stereocenters. The van der Waals surface area contributed by atoms with Crippen LogP contribution in [-0.2, 0) is 4.79 Å². The second-order valence-electron chi connectivity index (χ2n) is 4.30. The molecule has 2 heteroatoms. The molecule has 0 radical (unpaired) electrons. The third-order valence-electron chi connectivity index (χ3n) is 3.81. The number of hydrogen-bond acceptors (Lipinski definition) is 1. The molecule has 0 amide bonds. The minimum absolute atomic E-state index is 0.281. The highest BCUT2D eigenvalue weighted by atomic mass is 16.4. The van der Waals surface area contributed by atoms with Gasteiger partial charge in [0.25, 0.3) is 0 Å². The Morgan fingerprint density at radius 1 is 1.17 bits per heavy atom. The first-order valence-electron chi connectivity index (χ1n) is 4.99. The van der Waals surface area contributed by atoms with Gasteiger partial charge in [-0.2, -0.15) is 0 Å². The van der Waals surface area contributed by atoms with Crippen molar-refractivity contribution in [1.82, 2.24) is 0 Å². The van der Waals surface area contributed by atoms with Crippen molar-refractivity contribution in [2.45, 2.75) is 44.9 Å². The third-order valence-corrected chi connectivity index (χ3v) is 3.81. The van der Waals surface area contributed by atoms with Crippen LogP contribution in [0.5, 0.6) is 0 Å². The largest absolute Gasteiger partial charge is 0.481 e. The van der Waals surface area contributed by atoms with E-state index in [0.29, 0.717) is 5.92 Å². The van der Waals surface area contributed by atoms with E-state index in [1.54, 1.807) is 0 Å². The summed E-state index contributed by atoms with van der Waals surface area (Å²) in [6.07, 6.45) is 7.82. The zero-order chi connectivity index (χ0) is 8.60. The molecule has 0 aliphatic heterocycles. The van der Waals surface area contributed by atoms with Gasteiger partial charge in [0.1, 0.15) is 0 Å². The molecule has 0 bridgehead atoms. The van der Waals surface area contributed by atoms with Crippen LogP contribution in [0.25, 0.3) is 0 Å². The molecule has 1 N–H and O–H groups in total. The lowest BCUT2D eigenvalue weighted by atomic mass is 9.60. The van der Waals surface area contributed by atoms with Crippen LogP contribution in [0, 0.1) is 11.3 Å². The average Bonchev–Trinajstić information content (AvgIpc) is 2.35. The van der Waals surface area contributed by atoms with Crippen molar-refractivity contribution < 1.29 is 9.90 Å². The van der Waals surface area contributed by atoms with Gasteiger partial charge in [0.2, 0.25) is 0 Å². The smallest absolute Gasteiger partial charge is 0.309 e. The Morgan fingerprint density at radius 2 is 1.75 bits per heavy atom. The highest BCUT2D eigenvalue weighted by molar-refractivity contribution is 5.76.